The summed E-state index contributed by atoms with van der Waals surface area (Å²) in [5.41, 5.74) is 26.3. The Labute approximate surface area is 348 Å². The fourth-order valence-electron chi connectivity index (χ4n) is 8.81. The summed E-state index contributed by atoms with van der Waals surface area (Å²) < 4.78 is 13.2. The van der Waals surface area contributed by atoms with E-state index in [0.29, 0.717) is 5.56 Å². The van der Waals surface area contributed by atoms with Crippen molar-refractivity contribution in [2.24, 2.45) is 5.92 Å². The molecule has 0 aliphatic carbocycles. The first kappa shape index (κ1) is 51.4. The number of ketones is 1. The third-order valence-corrected chi connectivity index (χ3v) is 14.3. The highest BCUT2D eigenvalue weighted by atomic mass is 19.0. The summed E-state index contributed by atoms with van der Waals surface area (Å²) in [6.07, 6.45) is -0.233. The monoisotopic (exact) mass is 799 g/mol. The van der Waals surface area contributed by atoms with Crippen LogP contribution in [-0.2, 0) is 0 Å². The molecule has 6 heteroatoms. The Morgan fingerprint density at radius 1 is 0.397 bits per heavy atom. The molecule has 58 heavy (non-hydrogen) atoms. The van der Waals surface area contributed by atoms with Crippen molar-refractivity contribution in [2.75, 3.05) is 0 Å². The number of aryl methyl sites for hydroxylation is 2. The molecular weight excluding hydrogens is 727 g/mol. The van der Waals surface area contributed by atoms with E-state index in [2.05, 4.69) is 111 Å². The van der Waals surface area contributed by atoms with Gasteiger partial charge in [-0.1, -0.05) is 21.8 Å². The van der Waals surface area contributed by atoms with Crippen molar-refractivity contribution in [1.29, 1.82) is 0 Å². The van der Waals surface area contributed by atoms with Crippen LogP contribution in [0.15, 0.2) is 9.21 Å². The number of halogens is 2. The Morgan fingerprint density at radius 2 is 0.741 bits per heavy atom. The molecule has 4 aromatic carbocycles. The van der Waals surface area contributed by atoms with Crippen LogP contribution >= 0.6 is 0 Å². The number of benzene rings is 4. The van der Waals surface area contributed by atoms with Gasteiger partial charge in [0.15, 0.2) is 11.2 Å². The van der Waals surface area contributed by atoms with Gasteiger partial charge in [0.05, 0.1) is 16.9 Å². The van der Waals surface area contributed by atoms with Gasteiger partial charge < -0.3 is 9.15 Å². The summed E-state index contributed by atoms with van der Waals surface area (Å²) in [5.74, 6) is 1.52. The molecule has 0 spiro atoms. The summed E-state index contributed by atoms with van der Waals surface area (Å²) >= 11 is 0. The molecule has 1 aromatic heterocycles. The number of ether oxygens (including phenoxy) is 1. The van der Waals surface area contributed by atoms with Gasteiger partial charge in [0.1, 0.15) is 23.2 Å². The van der Waals surface area contributed by atoms with Crippen LogP contribution < -0.4 is 10.2 Å². The molecule has 0 fully saturated rings. The van der Waals surface area contributed by atoms with Crippen LogP contribution in [0.25, 0.3) is 22.3 Å². The van der Waals surface area contributed by atoms with E-state index < -0.39 is 0 Å². The maximum absolute atomic E-state index is 13.4. The molecule has 0 saturated heterocycles. The zero-order chi connectivity index (χ0) is 40.7. The lowest BCUT2D eigenvalue weighted by molar-refractivity contribution is 0.0683. The summed E-state index contributed by atoms with van der Waals surface area (Å²) in [6.45, 7) is 42.1. The Balaban J connectivity index is 0.000000543. The molecule has 6 rings (SSSR count). The molecule has 4 nitrogen and oxygen atoms in total. The van der Waals surface area contributed by atoms with Gasteiger partial charge in [0.25, 0.3) is 0 Å². The summed E-state index contributed by atoms with van der Waals surface area (Å²) in [6, 6.07) is 0. The largest absolute Gasteiger partial charge is 0.484 e. The van der Waals surface area contributed by atoms with Gasteiger partial charge >= 0.3 is 0 Å². The minimum Gasteiger partial charge on any atom is -0.484 e. The van der Waals surface area contributed by atoms with Crippen LogP contribution in [0.3, 0.4) is 0 Å². The molecule has 0 N–H and O–H groups in total. The minimum absolute atomic E-state index is 0. The van der Waals surface area contributed by atoms with Gasteiger partial charge in [-0.05, 0) is 237 Å². The molecule has 1 aliphatic rings. The molecule has 0 amide bonds. The van der Waals surface area contributed by atoms with Crippen LogP contribution in [0.1, 0.15) is 150 Å². The number of rotatable bonds is 2. The van der Waals surface area contributed by atoms with Crippen molar-refractivity contribution in [2.45, 2.75) is 159 Å². The maximum Gasteiger partial charge on any atom is 0.196 e. The Kier molecular flexibility index (Phi) is 16.1. The highest BCUT2D eigenvalue weighted by Gasteiger charge is 2.39. The molecule has 0 radical (unpaired) electrons. The van der Waals surface area contributed by atoms with E-state index in [1.807, 2.05) is 27.7 Å². The lowest BCUT2D eigenvalue weighted by Crippen LogP contribution is -2.32. The third kappa shape index (κ3) is 7.57. The zero-order valence-electron chi connectivity index (χ0n) is 37.6. The molecule has 2 unspecified atom stereocenters. The highest BCUT2D eigenvalue weighted by molar-refractivity contribution is 6.04. The first-order chi connectivity index (χ1) is 25.0. The SMILES string of the molecule is C.C.Cc1c(C)c(C)c(-c2oc3c(C)c(C)c(C)c(C)c3c(=O)c2C)c(C)c1C.Cc1c(C)c(C)c(C2Oc3c(C)c(C)c(C)c(C)c3C(=O)C2C)c(C)c1C.F.F. The summed E-state index contributed by atoms with van der Waals surface area (Å²) in [7, 11) is 0. The second-order valence-corrected chi connectivity index (χ2v) is 16.5. The molecule has 5 aromatic rings. The van der Waals surface area contributed by atoms with Gasteiger partial charge in [0.2, 0.25) is 0 Å². The van der Waals surface area contributed by atoms with E-state index in [-0.39, 0.29) is 47.5 Å². The molecule has 318 valence electrons. The standard InChI is InChI=1S/C25H32O2.C25H30O2.2CH4.2FH/c2*1-11-12(2)16(6)21(17(7)13(11)3)25-20(10)23(26)22-18(8)14(4)15(5)19(9)24(22)27-25;;;;/h20,25H,1-10H3;1-10H3;2*1H4;2*1H. The lowest BCUT2D eigenvalue weighted by atomic mass is 9.78. The minimum atomic E-state index is -0.233. The van der Waals surface area contributed by atoms with Crippen molar-refractivity contribution < 1.29 is 23.4 Å². The van der Waals surface area contributed by atoms with Crippen LogP contribution in [0.5, 0.6) is 5.75 Å². The first-order valence-corrected chi connectivity index (χ1v) is 19.5. The molecule has 0 saturated carbocycles. The number of hydrogen-bond acceptors (Lipinski definition) is 4. The van der Waals surface area contributed by atoms with Gasteiger partial charge in [-0.15, -0.1) is 0 Å². The van der Waals surface area contributed by atoms with Crippen molar-refractivity contribution in [1.82, 2.24) is 0 Å². The molecule has 0 bridgehead atoms. The molecular formula is C52H72F2O4. The average Bonchev–Trinajstić information content (AvgIpc) is 3.14. The van der Waals surface area contributed by atoms with Crippen LogP contribution in [-0.4, -0.2) is 5.78 Å². The fourth-order valence-corrected chi connectivity index (χ4v) is 8.81. The second kappa shape index (κ2) is 18.1. The maximum atomic E-state index is 13.4. The van der Waals surface area contributed by atoms with E-state index in [1.165, 1.54) is 83.5 Å². The normalized spacial score (nSPS) is 14.2. The van der Waals surface area contributed by atoms with Crippen molar-refractivity contribution in [3.63, 3.8) is 0 Å². The van der Waals surface area contributed by atoms with Crippen LogP contribution in [0, 0.1) is 137 Å². The van der Waals surface area contributed by atoms with Crippen molar-refractivity contribution in [3.05, 3.63) is 127 Å². The van der Waals surface area contributed by atoms with E-state index in [1.54, 1.807) is 0 Å². The summed E-state index contributed by atoms with van der Waals surface area (Å²) in [5, 5.41) is 0.729. The molecule has 2 atom stereocenters. The van der Waals surface area contributed by atoms with Gasteiger partial charge in [-0.3, -0.25) is 19.0 Å². The Bertz CT molecular complexity index is 2460. The summed E-state index contributed by atoms with van der Waals surface area (Å²) in [4.78, 5) is 26.8. The smallest absolute Gasteiger partial charge is 0.196 e. The predicted octanol–water partition coefficient (Wildman–Crippen LogP) is 14.5. The Hall–Kier alpha value is -4.58. The van der Waals surface area contributed by atoms with Gasteiger partial charge in [0, 0.05) is 11.1 Å². The second-order valence-electron chi connectivity index (χ2n) is 16.5. The number of hydrogen-bond donors (Lipinski definition) is 0. The van der Waals surface area contributed by atoms with Gasteiger partial charge in [-0.25, -0.2) is 0 Å². The van der Waals surface area contributed by atoms with Crippen molar-refractivity contribution in [3.8, 4) is 17.1 Å². The van der Waals surface area contributed by atoms with Crippen molar-refractivity contribution >= 4 is 16.8 Å². The van der Waals surface area contributed by atoms with E-state index in [9.17, 15) is 9.59 Å². The fraction of sp³-hybridized carbons (Fsp3) is 0.462. The van der Waals surface area contributed by atoms with E-state index in [4.69, 9.17) is 9.15 Å². The third-order valence-electron chi connectivity index (χ3n) is 14.3. The average molecular weight is 799 g/mol. The van der Waals surface area contributed by atoms with Crippen LogP contribution in [0.2, 0.25) is 0 Å². The number of Topliss-reactive ketones (excluding diaryl/α,β-unsaturated/α-hetero) is 1. The lowest BCUT2D eigenvalue weighted by Gasteiger charge is -2.36. The first-order valence-electron chi connectivity index (χ1n) is 19.5. The molecule has 2 heterocycles. The number of carbonyl (C=O) groups excluding carboxylic acids is 1. The van der Waals surface area contributed by atoms with Crippen LogP contribution in [0.4, 0.5) is 9.41 Å². The number of fused-ring (bicyclic) bond motifs is 2. The quantitative estimate of drug-likeness (QED) is 0.178. The Morgan fingerprint density at radius 3 is 1.19 bits per heavy atom. The highest BCUT2D eigenvalue weighted by Crippen LogP contribution is 2.46. The van der Waals surface area contributed by atoms with Gasteiger partial charge in [-0.2, -0.15) is 0 Å². The van der Waals surface area contributed by atoms with E-state index in [0.717, 1.165) is 55.9 Å². The molecule has 1 aliphatic heterocycles. The zero-order valence-corrected chi connectivity index (χ0v) is 37.6. The number of carbonyl (C=O) groups is 1. The topological polar surface area (TPSA) is 56.5 Å². The predicted molar refractivity (Wildman–Crippen MR) is 246 cm³/mol. The van der Waals surface area contributed by atoms with E-state index >= 15 is 0 Å².